The Bertz CT molecular complexity index is 140. The lowest BCUT2D eigenvalue weighted by atomic mass is 9.90. The summed E-state index contributed by atoms with van der Waals surface area (Å²) in [7, 11) is 0. The number of hydrogen-bond acceptors (Lipinski definition) is 1. The van der Waals surface area contributed by atoms with Gasteiger partial charge in [-0.05, 0) is 19.3 Å². The Morgan fingerprint density at radius 2 is 1.57 bits per heavy atom. The largest absolute Gasteiger partial charge is 0.299 e. The highest BCUT2D eigenvalue weighted by Gasteiger charge is 2.15. The Labute approximate surface area is 89.3 Å². The van der Waals surface area contributed by atoms with E-state index in [-0.39, 0.29) is 0 Å². The molecule has 0 fully saturated rings. The molecule has 0 rings (SSSR count). The molecule has 0 aromatic rings. The Balaban J connectivity index is 3.84. The molecule has 0 amide bonds. The minimum Gasteiger partial charge on any atom is -0.299 e. The SMILES string of the molecule is CCCCC(=O)C(CCC)CCCC. The van der Waals surface area contributed by atoms with E-state index in [1.165, 1.54) is 12.8 Å². The molecule has 0 aliphatic carbocycles. The highest BCUT2D eigenvalue weighted by Crippen LogP contribution is 2.18. The summed E-state index contributed by atoms with van der Waals surface area (Å²) in [5, 5.41) is 0. The van der Waals surface area contributed by atoms with Crippen molar-refractivity contribution in [2.24, 2.45) is 5.92 Å². The predicted octanol–water partition coefficient (Wildman–Crippen LogP) is 4.35. The quantitative estimate of drug-likeness (QED) is 0.538. The molecule has 0 heterocycles. The maximum Gasteiger partial charge on any atom is 0.135 e. The van der Waals surface area contributed by atoms with E-state index in [1.54, 1.807) is 0 Å². The topological polar surface area (TPSA) is 17.1 Å². The summed E-state index contributed by atoms with van der Waals surface area (Å²) in [4.78, 5) is 11.8. The molecule has 14 heavy (non-hydrogen) atoms. The predicted molar refractivity (Wildman–Crippen MR) is 62.5 cm³/mol. The van der Waals surface area contributed by atoms with Gasteiger partial charge in [-0.1, -0.05) is 46.5 Å². The van der Waals surface area contributed by atoms with E-state index in [0.717, 1.165) is 38.5 Å². The third-order valence-corrected chi connectivity index (χ3v) is 2.78. The number of rotatable bonds is 9. The van der Waals surface area contributed by atoms with Crippen LogP contribution in [0.1, 0.15) is 72.1 Å². The van der Waals surface area contributed by atoms with Crippen LogP contribution in [0.25, 0.3) is 0 Å². The molecular weight excluding hydrogens is 172 g/mol. The standard InChI is InChI=1S/C13H26O/c1-4-7-10-12(9-6-3)13(14)11-8-5-2/h12H,4-11H2,1-3H3. The van der Waals surface area contributed by atoms with Crippen LogP contribution in [0.5, 0.6) is 0 Å². The molecule has 0 aromatic carbocycles. The number of Topliss-reactive ketones (excluding diaryl/α,β-unsaturated/α-hetero) is 1. The number of ketones is 1. The van der Waals surface area contributed by atoms with E-state index >= 15 is 0 Å². The third kappa shape index (κ3) is 6.17. The molecular formula is C13H26O. The van der Waals surface area contributed by atoms with Crippen LogP contribution in [-0.2, 0) is 4.79 Å². The zero-order chi connectivity index (χ0) is 10.8. The molecule has 0 saturated heterocycles. The van der Waals surface area contributed by atoms with Gasteiger partial charge in [0.2, 0.25) is 0 Å². The van der Waals surface area contributed by atoms with E-state index < -0.39 is 0 Å². The van der Waals surface area contributed by atoms with Gasteiger partial charge in [-0.15, -0.1) is 0 Å². The van der Waals surface area contributed by atoms with Crippen molar-refractivity contribution in [1.29, 1.82) is 0 Å². The summed E-state index contributed by atoms with van der Waals surface area (Å²) in [6, 6.07) is 0. The summed E-state index contributed by atoms with van der Waals surface area (Å²) in [5.41, 5.74) is 0. The third-order valence-electron chi connectivity index (χ3n) is 2.78. The van der Waals surface area contributed by atoms with Crippen LogP contribution in [0.4, 0.5) is 0 Å². The van der Waals surface area contributed by atoms with Gasteiger partial charge in [0.05, 0.1) is 0 Å². The number of hydrogen-bond donors (Lipinski definition) is 0. The van der Waals surface area contributed by atoms with Crippen molar-refractivity contribution in [3.63, 3.8) is 0 Å². The van der Waals surface area contributed by atoms with Gasteiger partial charge >= 0.3 is 0 Å². The molecule has 1 nitrogen and oxygen atoms in total. The first kappa shape index (κ1) is 13.7. The van der Waals surface area contributed by atoms with E-state index in [1.807, 2.05) is 0 Å². The molecule has 0 aliphatic heterocycles. The smallest absolute Gasteiger partial charge is 0.135 e. The first-order valence-electron chi connectivity index (χ1n) is 6.28. The number of carbonyl (C=O) groups is 1. The van der Waals surface area contributed by atoms with Crippen LogP contribution in [-0.4, -0.2) is 5.78 Å². The first-order chi connectivity index (χ1) is 6.76. The van der Waals surface area contributed by atoms with Gasteiger partial charge in [0.1, 0.15) is 5.78 Å². The highest BCUT2D eigenvalue weighted by molar-refractivity contribution is 5.80. The Morgan fingerprint density at radius 1 is 0.929 bits per heavy atom. The number of unbranched alkanes of at least 4 members (excludes halogenated alkanes) is 2. The van der Waals surface area contributed by atoms with Crippen molar-refractivity contribution in [2.45, 2.75) is 72.1 Å². The van der Waals surface area contributed by atoms with E-state index in [2.05, 4.69) is 20.8 Å². The maximum absolute atomic E-state index is 11.8. The second-order valence-electron chi connectivity index (χ2n) is 4.20. The minimum atomic E-state index is 0.367. The second kappa shape index (κ2) is 9.23. The van der Waals surface area contributed by atoms with Crippen LogP contribution in [0.15, 0.2) is 0 Å². The van der Waals surface area contributed by atoms with E-state index in [9.17, 15) is 4.79 Å². The normalized spacial score (nSPS) is 12.8. The monoisotopic (exact) mass is 198 g/mol. The van der Waals surface area contributed by atoms with Crippen LogP contribution in [0, 0.1) is 5.92 Å². The molecule has 0 radical (unpaired) electrons. The van der Waals surface area contributed by atoms with Gasteiger partial charge in [-0.3, -0.25) is 4.79 Å². The molecule has 0 N–H and O–H groups in total. The van der Waals surface area contributed by atoms with Crippen LogP contribution < -0.4 is 0 Å². The summed E-state index contributed by atoms with van der Waals surface area (Å²) in [6.07, 6.45) is 8.81. The van der Waals surface area contributed by atoms with Gasteiger partial charge in [0, 0.05) is 12.3 Å². The summed E-state index contributed by atoms with van der Waals surface area (Å²) >= 11 is 0. The molecule has 0 spiro atoms. The van der Waals surface area contributed by atoms with Gasteiger partial charge in [0.25, 0.3) is 0 Å². The lowest BCUT2D eigenvalue weighted by Gasteiger charge is -2.14. The Hall–Kier alpha value is -0.330. The molecule has 0 saturated carbocycles. The van der Waals surface area contributed by atoms with Crippen LogP contribution in [0.2, 0.25) is 0 Å². The molecule has 0 aromatic heterocycles. The minimum absolute atomic E-state index is 0.367. The first-order valence-corrected chi connectivity index (χ1v) is 6.28. The van der Waals surface area contributed by atoms with Gasteiger partial charge in [0.15, 0.2) is 0 Å². The fourth-order valence-electron chi connectivity index (χ4n) is 1.82. The molecule has 1 unspecified atom stereocenters. The maximum atomic E-state index is 11.8. The molecule has 84 valence electrons. The van der Waals surface area contributed by atoms with Crippen molar-refractivity contribution in [3.05, 3.63) is 0 Å². The average Bonchev–Trinajstić information content (AvgIpc) is 2.20. The zero-order valence-electron chi connectivity index (χ0n) is 10.1. The summed E-state index contributed by atoms with van der Waals surface area (Å²) in [6.45, 7) is 6.51. The summed E-state index contributed by atoms with van der Waals surface area (Å²) in [5.74, 6) is 0.883. The Morgan fingerprint density at radius 3 is 2.07 bits per heavy atom. The second-order valence-corrected chi connectivity index (χ2v) is 4.20. The van der Waals surface area contributed by atoms with Crippen molar-refractivity contribution in [2.75, 3.05) is 0 Å². The van der Waals surface area contributed by atoms with E-state index in [4.69, 9.17) is 0 Å². The molecule has 1 atom stereocenters. The van der Waals surface area contributed by atoms with Gasteiger partial charge < -0.3 is 0 Å². The average molecular weight is 198 g/mol. The molecule has 0 aliphatic rings. The molecule has 0 bridgehead atoms. The Kier molecular flexibility index (Phi) is 9.02. The number of carbonyl (C=O) groups excluding carboxylic acids is 1. The van der Waals surface area contributed by atoms with Gasteiger partial charge in [-0.25, -0.2) is 0 Å². The zero-order valence-corrected chi connectivity index (χ0v) is 10.1. The van der Waals surface area contributed by atoms with Crippen molar-refractivity contribution in [3.8, 4) is 0 Å². The van der Waals surface area contributed by atoms with Gasteiger partial charge in [-0.2, -0.15) is 0 Å². The fourth-order valence-corrected chi connectivity index (χ4v) is 1.82. The summed E-state index contributed by atoms with van der Waals surface area (Å²) < 4.78 is 0. The van der Waals surface area contributed by atoms with Crippen molar-refractivity contribution in [1.82, 2.24) is 0 Å². The fraction of sp³-hybridized carbons (Fsp3) is 0.923. The van der Waals surface area contributed by atoms with Crippen molar-refractivity contribution >= 4 is 5.78 Å². The van der Waals surface area contributed by atoms with E-state index in [0.29, 0.717) is 11.7 Å². The molecule has 1 heteroatoms. The lowest BCUT2D eigenvalue weighted by molar-refractivity contribution is -0.123. The van der Waals surface area contributed by atoms with Crippen molar-refractivity contribution < 1.29 is 4.79 Å². The lowest BCUT2D eigenvalue weighted by Crippen LogP contribution is -2.14. The van der Waals surface area contributed by atoms with Crippen LogP contribution >= 0.6 is 0 Å². The van der Waals surface area contributed by atoms with Crippen LogP contribution in [0.3, 0.4) is 0 Å². The highest BCUT2D eigenvalue weighted by atomic mass is 16.1.